The van der Waals surface area contributed by atoms with E-state index in [0.717, 1.165) is 0 Å². The van der Waals surface area contributed by atoms with Crippen molar-refractivity contribution in [3.05, 3.63) is 46.7 Å². The maximum absolute atomic E-state index is 13.1. The summed E-state index contributed by atoms with van der Waals surface area (Å²) in [5.74, 6) is 0.488. The van der Waals surface area contributed by atoms with Crippen LogP contribution < -0.4 is 19.5 Å². The van der Waals surface area contributed by atoms with Gasteiger partial charge in [-0.25, -0.2) is 4.39 Å². The standard InChI is InChI=1S/C17H17ClFNO4/c1-22-14-7-4-10(16(23-2)17(14)24-3)8-15(21)20-11-5-6-13(19)12(18)9-11/h4-7,9H,8H2,1-3H3,(H,20,21). The summed E-state index contributed by atoms with van der Waals surface area (Å²) in [5, 5.41) is 2.60. The molecule has 1 amide bonds. The minimum absolute atomic E-state index is 0.0402. The van der Waals surface area contributed by atoms with Crippen molar-refractivity contribution in [2.24, 2.45) is 0 Å². The molecule has 0 spiro atoms. The molecule has 0 fully saturated rings. The third-order valence-corrected chi connectivity index (χ3v) is 3.63. The Balaban J connectivity index is 2.20. The topological polar surface area (TPSA) is 56.8 Å². The van der Waals surface area contributed by atoms with Crippen LogP contribution in [0.25, 0.3) is 0 Å². The maximum atomic E-state index is 13.1. The van der Waals surface area contributed by atoms with Crippen molar-refractivity contribution >= 4 is 23.2 Å². The molecule has 24 heavy (non-hydrogen) atoms. The minimum atomic E-state index is -0.545. The lowest BCUT2D eigenvalue weighted by Gasteiger charge is -2.15. The number of amides is 1. The number of anilines is 1. The summed E-state index contributed by atoms with van der Waals surface area (Å²) in [6.07, 6.45) is 0.0402. The van der Waals surface area contributed by atoms with Crippen molar-refractivity contribution in [2.75, 3.05) is 26.6 Å². The van der Waals surface area contributed by atoms with Crippen molar-refractivity contribution in [1.29, 1.82) is 0 Å². The van der Waals surface area contributed by atoms with E-state index in [-0.39, 0.29) is 17.4 Å². The molecule has 0 aliphatic rings. The van der Waals surface area contributed by atoms with Crippen LogP contribution in [0.5, 0.6) is 17.2 Å². The van der Waals surface area contributed by atoms with Gasteiger partial charge in [0.1, 0.15) is 5.82 Å². The molecule has 0 saturated heterocycles. The van der Waals surface area contributed by atoms with E-state index >= 15 is 0 Å². The van der Waals surface area contributed by atoms with Crippen molar-refractivity contribution in [3.8, 4) is 17.2 Å². The Bertz CT molecular complexity index is 752. The average molecular weight is 354 g/mol. The highest BCUT2D eigenvalue weighted by Crippen LogP contribution is 2.39. The summed E-state index contributed by atoms with van der Waals surface area (Å²) in [6, 6.07) is 7.39. The van der Waals surface area contributed by atoms with E-state index in [1.807, 2.05) is 0 Å². The molecule has 0 aromatic heterocycles. The van der Waals surface area contributed by atoms with Crippen LogP contribution in [-0.2, 0) is 11.2 Å². The highest BCUT2D eigenvalue weighted by atomic mass is 35.5. The molecule has 2 aromatic carbocycles. The Morgan fingerprint density at radius 3 is 2.38 bits per heavy atom. The Hall–Kier alpha value is -2.47. The molecule has 5 nitrogen and oxygen atoms in total. The van der Waals surface area contributed by atoms with Crippen LogP contribution in [0.4, 0.5) is 10.1 Å². The SMILES string of the molecule is COc1ccc(CC(=O)Nc2ccc(F)c(Cl)c2)c(OC)c1OC. The van der Waals surface area contributed by atoms with Gasteiger partial charge in [0.2, 0.25) is 11.7 Å². The van der Waals surface area contributed by atoms with Crippen molar-refractivity contribution in [1.82, 2.24) is 0 Å². The van der Waals surface area contributed by atoms with Gasteiger partial charge in [-0.05, 0) is 24.3 Å². The molecular weight excluding hydrogens is 337 g/mol. The number of hydrogen-bond donors (Lipinski definition) is 1. The molecule has 0 aliphatic carbocycles. The van der Waals surface area contributed by atoms with E-state index in [1.165, 1.54) is 39.5 Å². The highest BCUT2D eigenvalue weighted by molar-refractivity contribution is 6.31. The number of rotatable bonds is 6. The van der Waals surface area contributed by atoms with E-state index in [1.54, 1.807) is 12.1 Å². The average Bonchev–Trinajstić information content (AvgIpc) is 2.57. The van der Waals surface area contributed by atoms with Crippen LogP contribution in [0.15, 0.2) is 30.3 Å². The Morgan fingerprint density at radius 1 is 1.08 bits per heavy atom. The van der Waals surface area contributed by atoms with Crippen LogP contribution in [0, 0.1) is 5.82 Å². The summed E-state index contributed by atoms with van der Waals surface area (Å²) < 4.78 is 29.0. The lowest BCUT2D eigenvalue weighted by atomic mass is 10.1. The third kappa shape index (κ3) is 3.89. The molecule has 0 aliphatic heterocycles. The smallest absolute Gasteiger partial charge is 0.228 e. The lowest BCUT2D eigenvalue weighted by molar-refractivity contribution is -0.115. The molecule has 0 bridgehead atoms. The second kappa shape index (κ2) is 7.88. The summed E-state index contributed by atoms with van der Waals surface area (Å²) >= 11 is 5.70. The third-order valence-electron chi connectivity index (χ3n) is 3.34. The monoisotopic (exact) mass is 353 g/mol. The van der Waals surface area contributed by atoms with Gasteiger partial charge in [-0.2, -0.15) is 0 Å². The summed E-state index contributed by atoms with van der Waals surface area (Å²) in [5.41, 5.74) is 1.03. The number of carbonyl (C=O) groups is 1. The number of halogens is 2. The molecule has 0 heterocycles. The molecule has 2 aromatic rings. The zero-order chi connectivity index (χ0) is 17.7. The van der Waals surface area contributed by atoms with Gasteiger partial charge in [0.15, 0.2) is 11.5 Å². The van der Waals surface area contributed by atoms with Gasteiger partial charge in [0, 0.05) is 11.3 Å². The van der Waals surface area contributed by atoms with Crippen LogP contribution >= 0.6 is 11.6 Å². The summed E-state index contributed by atoms with van der Waals surface area (Å²) in [4.78, 5) is 12.2. The molecule has 1 N–H and O–H groups in total. The van der Waals surface area contributed by atoms with Crippen LogP contribution in [0.3, 0.4) is 0 Å². The van der Waals surface area contributed by atoms with Gasteiger partial charge in [-0.15, -0.1) is 0 Å². The number of ether oxygens (including phenoxy) is 3. The van der Waals surface area contributed by atoms with Gasteiger partial charge in [-0.1, -0.05) is 17.7 Å². The van der Waals surface area contributed by atoms with Crippen LogP contribution in [0.2, 0.25) is 5.02 Å². The molecule has 128 valence electrons. The fraction of sp³-hybridized carbons (Fsp3) is 0.235. The number of methoxy groups -OCH3 is 3. The second-order valence-corrected chi connectivity index (χ2v) is 5.25. The number of hydrogen-bond acceptors (Lipinski definition) is 4. The maximum Gasteiger partial charge on any atom is 0.228 e. The van der Waals surface area contributed by atoms with Gasteiger partial charge in [0.25, 0.3) is 0 Å². The first-order valence-electron chi connectivity index (χ1n) is 7.03. The van der Waals surface area contributed by atoms with Gasteiger partial charge in [-0.3, -0.25) is 4.79 Å². The predicted octanol–water partition coefficient (Wildman–Crippen LogP) is 3.69. The van der Waals surface area contributed by atoms with Crippen molar-refractivity contribution in [3.63, 3.8) is 0 Å². The fourth-order valence-corrected chi connectivity index (χ4v) is 2.43. The number of nitrogens with one attached hydrogen (secondary N) is 1. The molecule has 0 radical (unpaired) electrons. The van der Waals surface area contributed by atoms with Crippen LogP contribution in [0.1, 0.15) is 5.56 Å². The predicted molar refractivity (Wildman–Crippen MR) is 89.8 cm³/mol. The Labute approximate surface area is 144 Å². The molecule has 0 saturated carbocycles. The van der Waals surface area contributed by atoms with Gasteiger partial charge in [0.05, 0.1) is 32.8 Å². The number of carbonyl (C=O) groups excluding carboxylic acids is 1. The lowest BCUT2D eigenvalue weighted by Crippen LogP contribution is -2.15. The summed E-state index contributed by atoms with van der Waals surface area (Å²) in [7, 11) is 4.49. The van der Waals surface area contributed by atoms with E-state index in [0.29, 0.717) is 28.5 Å². The zero-order valence-corrected chi connectivity index (χ0v) is 14.2. The highest BCUT2D eigenvalue weighted by Gasteiger charge is 2.18. The molecule has 0 unspecified atom stereocenters. The zero-order valence-electron chi connectivity index (χ0n) is 13.5. The molecule has 2 rings (SSSR count). The van der Waals surface area contributed by atoms with Crippen molar-refractivity contribution < 1.29 is 23.4 Å². The van der Waals surface area contributed by atoms with Crippen LogP contribution in [-0.4, -0.2) is 27.2 Å². The summed E-state index contributed by atoms with van der Waals surface area (Å²) in [6.45, 7) is 0. The second-order valence-electron chi connectivity index (χ2n) is 4.85. The van der Waals surface area contributed by atoms with Gasteiger partial charge < -0.3 is 19.5 Å². The quantitative estimate of drug-likeness (QED) is 0.860. The molecular formula is C17H17ClFNO4. The first-order chi connectivity index (χ1) is 11.5. The van der Waals surface area contributed by atoms with E-state index in [9.17, 15) is 9.18 Å². The van der Waals surface area contributed by atoms with E-state index < -0.39 is 5.82 Å². The van der Waals surface area contributed by atoms with E-state index in [4.69, 9.17) is 25.8 Å². The Morgan fingerprint density at radius 2 is 1.79 bits per heavy atom. The Kier molecular flexibility index (Phi) is 5.87. The largest absolute Gasteiger partial charge is 0.493 e. The fourth-order valence-electron chi connectivity index (χ4n) is 2.25. The van der Waals surface area contributed by atoms with Crippen molar-refractivity contribution in [2.45, 2.75) is 6.42 Å². The molecule has 0 atom stereocenters. The van der Waals surface area contributed by atoms with E-state index in [2.05, 4.69) is 5.32 Å². The first-order valence-corrected chi connectivity index (χ1v) is 7.40. The number of benzene rings is 2. The normalized spacial score (nSPS) is 10.2. The first kappa shape index (κ1) is 17.9. The minimum Gasteiger partial charge on any atom is -0.493 e. The molecule has 7 heteroatoms. The van der Waals surface area contributed by atoms with Gasteiger partial charge >= 0.3 is 0 Å².